The van der Waals surface area contributed by atoms with Crippen molar-refractivity contribution in [3.63, 3.8) is 0 Å². The van der Waals surface area contributed by atoms with Gasteiger partial charge in [0.15, 0.2) is 5.17 Å². The van der Waals surface area contributed by atoms with Crippen LogP contribution < -0.4 is 5.32 Å². The summed E-state index contributed by atoms with van der Waals surface area (Å²) in [7, 11) is 0. The molecule has 88 valence electrons. The Labute approximate surface area is 103 Å². The zero-order chi connectivity index (χ0) is 11.4. The molecule has 0 spiro atoms. The minimum Gasteiger partial charge on any atom is -0.361 e. The van der Waals surface area contributed by atoms with E-state index in [0.717, 1.165) is 12.1 Å². The van der Waals surface area contributed by atoms with Crippen molar-refractivity contribution in [2.45, 2.75) is 6.54 Å². The number of nitro benzene ring substituents is 1. The quantitative estimate of drug-likeness (QED) is 0.257. The van der Waals surface area contributed by atoms with E-state index in [1.54, 1.807) is 0 Å². The summed E-state index contributed by atoms with van der Waals surface area (Å²) in [6.45, 7) is 0.198. The van der Waals surface area contributed by atoms with Gasteiger partial charge in [-0.15, -0.1) is 25.0 Å². The van der Waals surface area contributed by atoms with E-state index in [1.165, 1.54) is 6.07 Å². The van der Waals surface area contributed by atoms with Crippen molar-refractivity contribution < 1.29 is 9.31 Å². The van der Waals surface area contributed by atoms with Gasteiger partial charge in [0.1, 0.15) is 0 Å². The highest BCUT2D eigenvalue weighted by molar-refractivity contribution is 7.96. The average molecular weight is 266 g/mol. The zero-order valence-electron chi connectivity index (χ0n) is 7.94. The summed E-state index contributed by atoms with van der Waals surface area (Å²) in [5.74, 6) is -0.871. The first-order valence-corrected chi connectivity index (χ1v) is 4.39. The maximum atomic E-state index is 12.9. The number of hydrogen-bond donors (Lipinski definition) is 3. The number of benzene rings is 1. The lowest BCUT2D eigenvalue weighted by atomic mass is 10.2. The summed E-state index contributed by atoms with van der Waals surface area (Å²) in [5, 5.41) is 19.9. The monoisotopic (exact) mass is 265 g/mol. The number of amidine groups is 1. The normalized spacial score (nSPS) is 9.12. The van der Waals surface area contributed by atoms with Crippen LogP contribution in [0.3, 0.4) is 0 Å². The van der Waals surface area contributed by atoms with Crippen LogP contribution >= 0.6 is 25.0 Å². The summed E-state index contributed by atoms with van der Waals surface area (Å²) >= 11 is 3.68. The molecule has 0 unspecified atom stereocenters. The Morgan fingerprint density at radius 2 is 2.25 bits per heavy atom. The molecule has 0 atom stereocenters. The third-order valence-electron chi connectivity index (χ3n) is 1.67. The standard InChI is InChI=1S/C8H8FN3O2S.ClH/c9-6-2-1-5(4-11-8(10)15)3-7(6)12(13)14;/h1-3H,4H2,(H3,10,11,15);1H. The van der Waals surface area contributed by atoms with Gasteiger partial charge in [-0.2, -0.15) is 4.39 Å². The molecule has 8 heteroatoms. The van der Waals surface area contributed by atoms with Crippen LogP contribution in [0.4, 0.5) is 10.1 Å². The predicted molar refractivity (Wildman–Crippen MR) is 63.9 cm³/mol. The molecule has 0 amide bonds. The summed E-state index contributed by atoms with van der Waals surface area (Å²) in [6, 6.07) is 3.56. The van der Waals surface area contributed by atoms with E-state index in [0.29, 0.717) is 5.56 Å². The van der Waals surface area contributed by atoms with Gasteiger partial charge in [-0.25, -0.2) is 0 Å². The molecule has 0 aliphatic rings. The molecule has 0 fully saturated rings. The van der Waals surface area contributed by atoms with Crippen molar-refractivity contribution in [3.05, 3.63) is 39.7 Å². The van der Waals surface area contributed by atoms with Gasteiger partial charge >= 0.3 is 5.69 Å². The molecule has 5 nitrogen and oxygen atoms in total. The number of halogens is 2. The topological polar surface area (TPSA) is 79.0 Å². The Bertz CT molecular complexity index is 416. The van der Waals surface area contributed by atoms with Gasteiger partial charge < -0.3 is 5.32 Å². The van der Waals surface area contributed by atoms with Crippen molar-refractivity contribution in [2.75, 3.05) is 0 Å². The SMILES string of the molecule is Cl.N=C(S)NCc1ccc(F)c([N+](=O)[O-])c1. The molecule has 0 aromatic heterocycles. The number of hydrogen-bond acceptors (Lipinski definition) is 3. The van der Waals surface area contributed by atoms with Crippen LogP contribution in [-0.4, -0.2) is 10.1 Å². The number of rotatable bonds is 3. The molecular formula is C8H9ClFN3O2S. The Morgan fingerprint density at radius 3 is 2.75 bits per heavy atom. The van der Waals surface area contributed by atoms with Crippen molar-refractivity contribution in [2.24, 2.45) is 0 Å². The fourth-order valence-corrected chi connectivity index (χ4v) is 1.07. The van der Waals surface area contributed by atoms with E-state index in [2.05, 4.69) is 17.9 Å². The fraction of sp³-hybridized carbons (Fsp3) is 0.125. The van der Waals surface area contributed by atoms with Crippen LogP contribution in [0, 0.1) is 21.3 Å². The van der Waals surface area contributed by atoms with Crippen molar-refractivity contribution >= 4 is 35.9 Å². The third kappa shape index (κ3) is 4.03. The Balaban J connectivity index is 0.00000225. The highest BCUT2D eigenvalue weighted by Crippen LogP contribution is 2.18. The zero-order valence-corrected chi connectivity index (χ0v) is 9.65. The molecule has 1 aromatic carbocycles. The van der Waals surface area contributed by atoms with E-state index in [-0.39, 0.29) is 24.1 Å². The highest BCUT2D eigenvalue weighted by Gasteiger charge is 2.13. The number of thiol groups is 1. The minimum atomic E-state index is -0.871. The Morgan fingerprint density at radius 1 is 1.62 bits per heavy atom. The van der Waals surface area contributed by atoms with Crippen LogP contribution in [-0.2, 0) is 6.54 Å². The first kappa shape index (κ1) is 14.7. The largest absolute Gasteiger partial charge is 0.361 e. The lowest BCUT2D eigenvalue weighted by molar-refractivity contribution is -0.387. The lowest BCUT2D eigenvalue weighted by Gasteiger charge is -2.03. The van der Waals surface area contributed by atoms with Crippen molar-refractivity contribution in [1.29, 1.82) is 5.41 Å². The molecule has 1 rings (SSSR count). The van der Waals surface area contributed by atoms with E-state index < -0.39 is 16.4 Å². The molecule has 0 heterocycles. The number of nitrogens with zero attached hydrogens (tertiary/aromatic N) is 1. The van der Waals surface area contributed by atoms with Crippen LogP contribution in [0.15, 0.2) is 18.2 Å². The second-order valence-corrected chi connectivity index (χ2v) is 3.19. The van der Waals surface area contributed by atoms with E-state index in [4.69, 9.17) is 5.41 Å². The predicted octanol–water partition coefficient (Wildman–Crippen LogP) is 2.11. The van der Waals surface area contributed by atoms with Crippen LogP contribution in [0.5, 0.6) is 0 Å². The van der Waals surface area contributed by atoms with Gasteiger partial charge in [0, 0.05) is 12.6 Å². The van der Waals surface area contributed by atoms with Crippen LogP contribution in [0.1, 0.15) is 5.56 Å². The molecule has 0 aliphatic heterocycles. The highest BCUT2D eigenvalue weighted by atomic mass is 35.5. The van der Waals surface area contributed by atoms with Crippen molar-refractivity contribution in [1.82, 2.24) is 5.32 Å². The molecular weight excluding hydrogens is 257 g/mol. The van der Waals surface area contributed by atoms with Crippen LogP contribution in [0.2, 0.25) is 0 Å². The van der Waals surface area contributed by atoms with Gasteiger partial charge in [-0.3, -0.25) is 15.5 Å². The smallest absolute Gasteiger partial charge is 0.305 e. The van der Waals surface area contributed by atoms with Gasteiger partial charge in [-0.1, -0.05) is 6.07 Å². The van der Waals surface area contributed by atoms with Gasteiger partial charge in [0.05, 0.1) is 4.92 Å². The van der Waals surface area contributed by atoms with Gasteiger partial charge in [0.2, 0.25) is 5.82 Å². The van der Waals surface area contributed by atoms with Gasteiger partial charge in [0.25, 0.3) is 0 Å². The Hall–Kier alpha value is -1.34. The molecule has 0 saturated carbocycles. The molecule has 0 saturated heterocycles. The fourth-order valence-electron chi connectivity index (χ4n) is 0.994. The first-order chi connectivity index (χ1) is 7.00. The summed E-state index contributed by atoms with van der Waals surface area (Å²) in [5.41, 5.74) is -0.0538. The van der Waals surface area contributed by atoms with E-state index >= 15 is 0 Å². The molecule has 0 aliphatic carbocycles. The average Bonchev–Trinajstić information content (AvgIpc) is 2.16. The molecule has 0 radical (unpaired) electrons. The second kappa shape index (κ2) is 6.29. The maximum absolute atomic E-state index is 12.9. The molecule has 16 heavy (non-hydrogen) atoms. The lowest BCUT2D eigenvalue weighted by Crippen LogP contribution is -2.16. The number of nitro groups is 1. The molecule has 1 aromatic rings. The second-order valence-electron chi connectivity index (χ2n) is 2.75. The molecule has 0 bridgehead atoms. The summed E-state index contributed by atoms with van der Waals surface area (Å²) in [6.07, 6.45) is 0. The third-order valence-corrected chi connectivity index (χ3v) is 1.83. The number of nitrogens with one attached hydrogen (secondary N) is 2. The van der Waals surface area contributed by atoms with Crippen LogP contribution in [0.25, 0.3) is 0 Å². The van der Waals surface area contributed by atoms with E-state index in [9.17, 15) is 14.5 Å². The van der Waals surface area contributed by atoms with Gasteiger partial charge in [-0.05, 0) is 11.6 Å². The minimum absolute atomic E-state index is 0. The molecule has 2 N–H and O–H groups in total. The summed E-state index contributed by atoms with van der Waals surface area (Å²) in [4.78, 5) is 9.61. The summed E-state index contributed by atoms with van der Waals surface area (Å²) < 4.78 is 12.9. The maximum Gasteiger partial charge on any atom is 0.305 e. The first-order valence-electron chi connectivity index (χ1n) is 3.95. The van der Waals surface area contributed by atoms with Crippen molar-refractivity contribution in [3.8, 4) is 0 Å². The Kier molecular flexibility index (Phi) is 5.76. The van der Waals surface area contributed by atoms with E-state index in [1.807, 2.05) is 0 Å².